The summed E-state index contributed by atoms with van der Waals surface area (Å²) in [4.78, 5) is 31.9. The molecule has 0 saturated carbocycles. The Balaban J connectivity index is 1.55. The number of fused-ring (bicyclic) bond motifs is 1. The lowest BCUT2D eigenvalue weighted by atomic mass is 10.2. The Labute approximate surface area is 159 Å². The van der Waals surface area contributed by atoms with Crippen LogP contribution in [0.5, 0.6) is 0 Å². The smallest absolute Gasteiger partial charge is 0.253 e. The van der Waals surface area contributed by atoms with E-state index in [1.807, 2.05) is 0 Å². The zero-order chi connectivity index (χ0) is 19.7. The molecule has 6 nitrogen and oxygen atoms in total. The molecule has 0 aliphatic carbocycles. The van der Waals surface area contributed by atoms with Gasteiger partial charge in [-0.25, -0.2) is 9.37 Å². The summed E-state index contributed by atoms with van der Waals surface area (Å²) >= 11 is 0. The number of hydrogen-bond donors (Lipinski definition) is 2. The van der Waals surface area contributed by atoms with Crippen molar-refractivity contribution in [2.45, 2.75) is 13.5 Å². The number of rotatable bonds is 4. The highest BCUT2D eigenvalue weighted by Crippen LogP contribution is 2.23. The second-order valence-electron chi connectivity index (χ2n) is 6.50. The molecule has 0 saturated heterocycles. The van der Waals surface area contributed by atoms with Gasteiger partial charge in [0, 0.05) is 23.0 Å². The molecule has 140 valence electrons. The van der Waals surface area contributed by atoms with Gasteiger partial charge in [0.1, 0.15) is 18.2 Å². The van der Waals surface area contributed by atoms with Gasteiger partial charge in [0.2, 0.25) is 5.91 Å². The van der Waals surface area contributed by atoms with Gasteiger partial charge < -0.3 is 14.9 Å². The Morgan fingerprint density at radius 1 is 1.18 bits per heavy atom. The number of anilines is 1. The Hall–Kier alpha value is -3.74. The minimum atomic E-state index is -0.336. The van der Waals surface area contributed by atoms with E-state index in [9.17, 15) is 14.0 Å². The van der Waals surface area contributed by atoms with Crippen LogP contribution >= 0.6 is 0 Å². The van der Waals surface area contributed by atoms with Crippen LogP contribution in [0.4, 0.5) is 10.1 Å². The number of aromatic nitrogens is 3. The van der Waals surface area contributed by atoms with Crippen LogP contribution in [0, 0.1) is 12.7 Å². The number of nitrogens with one attached hydrogen (secondary N) is 2. The standard InChI is InChI=1S/C21H17FN4O2/c1-13-4-3-9-26(21(13)28)12-19(27)23-16-7-8-17-18(11-16)25-20(24-17)14-5-2-6-15(22)10-14/h2-11H,12H2,1H3,(H,23,27)(H,24,25). The minimum Gasteiger partial charge on any atom is -0.338 e. The lowest BCUT2D eigenvalue weighted by Crippen LogP contribution is -2.28. The van der Waals surface area contributed by atoms with E-state index in [1.165, 1.54) is 16.7 Å². The van der Waals surface area contributed by atoms with Crippen molar-refractivity contribution in [3.63, 3.8) is 0 Å². The summed E-state index contributed by atoms with van der Waals surface area (Å²) in [6, 6.07) is 14.9. The maximum Gasteiger partial charge on any atom is 0.253 e. The van der Waals surface area contributed by atoms with Crippen molar-refractivity contribution in [1.82, 2.24) is 14.5 Å². The number of pyridine rings is 1. The number of amides is 1. The second kappa shape index (κ2) is 7.11. The van der Waals surface area contributed by atoms with Gasteiger partial charge in [0.05, 0.1) is 11.0 Å². The summed E-state index contributed by atoms with van der Waals surface area (Å²) in [7, 11) is 0. The highest BCUT2D eigenvalue weighted by Gasteiger charge is 2.09. The minimum absolute atomic E-state index is 0.0733. The van der Waals surface area contributed by atoms with Crippen LogP contribution in [0.15, 0.2) is 65.6 Å². The first-order valence-corrected chi connectivity index (χ1v) is 8.71. The molecule has 1 amide bonds. The van der Waals surface area contributed by atoms with Gasteiger partial charge in [-0.15, -0.1) is 0 Å². The Morgan fingerprint density at radius 3 is 2.86 bits per heavy atom. The molecule has 28 heavy (non-hydrogen) atoms. The summed E-state index contributed by atoms with van der Waals surface area (Å²) in [5.41, 5.74) is 3.02. The third kappa shape index (κ3) is 3.55. The molecule has 0 bridgehead atoms. The van der Waals surface area contributed by atoms with E-state index in [1.54, 1.807) is 55.6 Å². The van der Waals surface area contributed by atoms with E-state index in [0.29, 0.717) is 33.7 Å². The summed E-state index contributed by atoms with van der Waals surface area (Å²) < 4.78 is 14.8. The SMILES string of the molecule is Cc1cccn(CC(=O)Nc2ccc3nc(-c4cccc(F)c4)[nH]c3c2)c1=O. The normalized spacial score (nSPS) is 10.9. The first kappa shape index (κ1) is 17.7. The van der Waals surface area contributed by atoms with Crippen molar-refractivity contribution < 1.29 is 9.18 Å². The number of aromatic amines is 1. The Bertz CT molecular complexity index is 1240. The molecule has 7 heteroatoms. The lowest BCUT2D eigenvalue weighted by Gasteiger charge is -2.08. The van der Waals surface area contributed by atoms with Gasteiger partial charge in [-0.1, -0.05) is 18.2 Å². The molecule has 0 aliphatic rings. The van der Waals surface area contributed by atoms with Crippen LogP contribution in [0.25, 0.3) is 22.4 Å². The van der Waals surface area contributed by atoms with Crippen LogP contribution < -0.4 is 10.9 Å². The topological polar surface area (TPSA) is 79.8 Å². The largest absolute Gasteiger partial charge is 0.338 e. The molecule has 0 atom stereocenters. The van der Waals surface area contributed by atoms with Crippen molar-refractivity contribution in [1.29, 1.82) is 0 Å². The van der Waals surface area contributed by atoms with Crippen LogP contribution in [0.2, 0.25) is 0 Å². The van der Waals surface area contributed by atoms with Crippen molar-refractivity contribution in [3.8, 4) is 11.4 Å². The number of halogens is 1. The quantitative estimate of drug-likeness (QED) is 0.572. The first-order valence-electron chi connectivity index (χ1n) is 8.71. The van der Waals surface area contributed by atoms with Crippen molar-refractivity contribution in [2.75, 3.05) is 5.32 Å². The highest BCUT2D eigenvalue weighted by molar-refractivity contribution is 5.93. The van der Waals surface area contributed by atoms with Crippen molar-refractivity contribution in [3.05, 3.63) is 82.5 Å². The number of aryl methyl sites for hydroxylation is 1. The summed E-state index contributed by atoms with van der Waals surface area (Å²) in [5, 5.41) is 2.78. The van der Waals surface area contributed by atoms with Crippen LogP contribution in [-0.4, -0.2) is 20.4 Å². The van der Waals surface area contributed by atoms with Gasteiger partial charge in [0.15, 0.2) is 0 Å². The number of carbonyl (C=O) groups excluding carboxylic acids is 1. The lowest BCUT2D eigenvalue weighted by molar-refractivity contribution is -0.116. The van der Waals surface area contributed by atoms with Crippen LogP contribution in [0.3, 0.4) is 0 Å². The fourth-order valence-electron chi connectivity index (χ4n) is 3.00. The Kier molecular flexibility index (Phi) is 4.49. The maximum atomic E-state index is 13.4. The summed E-state index contributed by atoms with van der Waals surface area (Å²) in [6.07, 6.45) is 1.58. The molecular formula is C21H17FN4O2. The van der Waals surface area contributed by atoms with E-state index in [-0.39, 0.29) is 23.8 Å². The predicted molar refractivity (Wildman–Crippen MR) is 106 cm³/mol. The maximum absolute atomic E-state index is 13.4. The average Bonchev–Trinajstić information content (AvgIpc) is 3.09. The van der Waals surface area contributed by atoms with E-state index in [4.69, 9.17) is 0 Å². The number of hydrogen-bond acceptors (Lipinski definition) is 3. The fourth-order valence-corrected chi connectivity index (χ4v) is 3.00. The van der Waals surface area contributed by atoms with Gasteiger partial charge in [-0.05, 0) is 43.3 Å². The first-order chi connectivity index (χ1) is 13.5. The van der Waals surface area contributed by atoms with Gasteiger partial charge in [-0.2, -0.15) is 0 Å². The number of benzene rings is 2. The van der Waals surface area contributed by atoms with Crippen molar-refractivity contribution in [2.24, 2.45) is 0 Å². The third-order valence-corrected chi connectivity index (χ3v) is 4.39. The van der Waals surface area contributed by atoms with Crippen LogP contribution in [0.1, 0.15) is 5.56 Å². The predicted octanol–water partition coefficient (Wildman–Crippen LogP) is 3.48. The van der Waals surface area contributed by atoms with Crippen molar-refractivity contribution >= 4 is 22.6 Å². The van der Waals surface area contributed by atoms with Gasteiger partial charge in [0.25, 0.3) is 5.56 Å². The molecule has 2 N–H and O–H groups in total. The molecule has 2 heterocycles. The molecule has 0 spiro atoms. The van der Waals surface area contributed by atoms with E-state index in [2.05, 4.69) is 15.3 Å². The fraction of sp³-hybridized carbons (Fsp3) is 0.0952. The molecule has 0 radical (unpaired) electrons. The third-order valence-electron chi connectivity index (χ3n) is 4.39. The molecule has 4 rings (SSSR count). The molecule has 2 aromatic heterocycles. The molecular weight excluding hydrogens is 359 g/mol. The number of carbonyl (C=O) groups is 1. The van der Waals surface area contributed by atoms with Gasteiger partial charge in [-0.3, -0.25) is 9.59 Å². The van der Waals surface area contributed by atoms with Gasteiger partial charge >= 0.3 is 0 Å². The second-order valence-corrected chi connectivity index (χ2v) is 6.50. The monoisotopic (exact) mass is 376 g/mol. The average molecular weight is 376 g/mol. The zero-order valence-electron chi connectivity index (χ0n) is 15.1. The number of nitrogens with zero attached hydrogens (tertiary/aromatic N) is 2. The molecule has 4 aromatic rings. The van der Waals surface area contributed by atoms with E-state index < -0.39 is 0 Å². The molecule has 0 aliphatic heterocycles. The van der Waals surface area contributed by atoms with E-state index >= 15 is 0 Å². The van der Waals surface area contributed by atoms with Crippen LogP contribution in [-0.2, 0) is 11.3 Å². The van der Waals surface area contributed by atoms with E-state index in [0.717, 1.165) is 0 Å². The zero-order valence-corrected chi connectivity index (χ0v) is 15.1. The number of imidazole rings is 1. The molecule has 0 unspecified atom stereocenters. The molecule has 2 aromatic carbocycles. The summed E-state index contributed by atoms with van der Waals surface area (Å²) in [5.74, 6) is -0.0986. The molecule has 0 fully saturated rings. The Morgan fingerprint density at radius 2 is 2.04 bits per heavy atom. The number of H-pyrrole nitrogens is 1. The summed E-state index contributed by atoms with van der Waals surface area (Å²) in [6.45, 7) is 1.63. The highest BCUT2D eigenvalue weighted by atomic mass is 19.1.